The molecule has 0 fully saturated rings. The standard InChI is InChI=1S/C26H23N5O4/c1-33-21-14-18(15-22(34-2)23(21)35-3)20(16-27)28-26(32)24-29-25(17-10-6-4-7-11-17)31(30-24)19-12-8-5-9-13-19/h4-15,20H,1-3H3,(H,28,32). The first-order valence-electron chi connectivity index (χ1n) is 10.7. The molecule has 1 heterocycles. The Morgan fingerprint density at radius 2 is 1.54 bits per heavy atom. The van der Waals surface area contributed by atoms with Gasteiger partial charge in [-0.3, -0.25) is 4.79 Å². The molecule has 9 nitrogen and oxygen atoms in total. The fourth-order valence-electron chi connectivity index (χ4n) is 3.59. The van der Waals surface area contributed by atoms with Gasteiger partial charge in [-0.1, -0.05) is 48.5 Å². The number of methoxy groups -OCH3 is 3. The minimum absolute atomic E-state index is 0.0691. The molecule has 3 aromatic carbocycles. The lowest BCUT2D eigenvalue weighted by Crippen LogP contribution is -2.28. The fraction of sp³-hybridized carbons (Fsp3) is 0.154. The number of nitriles is 1. The van der Waals surface area contributed by atoms with E-state index < -0.39 is 11.9 Å². The van der Waals surface area contributed by atoms with Crippen molar-refractivity contribution in [2.24, 2.45) is 0 Å². The second kappa shape index (κ2) is 10.4. The molecule has 1 amide bonds. The first-order chi connectivity index (χ1) is 17.1. The minimum atomic E-state index is -1.01. The number of nitrogens with one attached hydrogen (secondary N) is 1. The van der Waals surface area contributed by atoms with Crippen LogP contribution in [0, 0.1) is 11.3 Å². The van der Waals surface area contributed by atoms with Gasteiger partial charge in [0.1, 0.15) is 6.04 Å². The zero-order chi connectivity index (χ0) is 24.8. The molecule has 0 aliphatic carbocycles. The molecule has 1 unspecified atom stereocenters. The van der Waals surface area contributed by atoms with Gasteiger partial charge < -0.3 is 19.5 Å². The summed E-state index contributed by atoms with van der Waals surface area (Å²) in [5.74, 6) is 0.960. The quantitative estimate of drug-likeness (QED) is 0.416. The maximum atomic E-state index is 13.2. The number of hydrogen-bond acceptors (Lipinski definition) is 7. The lowest BCUT2D eigenvalue weighted by atomic mass is 10.1. The molecule has 0 spiro atoms. The minimum Gasteiger partial charge on any atom is -0.493 e. The van der Waals surface area contributed by atoms with E-state index in [1.807, 2.05) is 60.7 Å². The molecule has 0 radical (unpaired) electrons. The Kier molecular flexibility index (Phi) is 6.93. The summed E-state index contributed by atoms with van der Waals surface area (Å²) < 4.78 is 17.7. The van der Waals surface area contributed by atoms with Gasteiger partial charge >= 0.3 is 0 Å². The van der Waals surface area contributed by atoms with Crippen molar-refractivity contribution in [1.82, 2.24) is 20.1 Å². The Balaban J connectivity index is 1.70. The van der Waals surface area contributed by atoms with Crippen molar-refractivity contribution in [3.05, 3.63) is 84.2 Å². The van der Waals surface area contributed by atoms with E-state index in [0.29, 0.717) is 28.6 Å². The molecule has 1 N–H and O–H groups in total. The number of aromatic nitrogens is 3. The normalized spacial score (nSPS) is 11.3. The number of nitrogens with zero attached hydrogens (tertiary/aromatic N) is 4. The van der Waals surface area contributed by atoms with Crippen LogP contribution in [0.15, 0.2) is 72.8 Å². The summed E-state index contributed by atoms with van der Waals surface area (Å²) in [4.78, 5) is 17.7. The summed E-state index contributed by atoms with van der Waals surface area (Å²) >= 11 is 0. The monoisotopic (exact) mass is 469 g/mol. The van der Waals surface area contributed by atoms with Crippen LogP contribution in [0.25, 0.3) is 17.1 Å². The zero-order valence-electron chi connectivity index (χ0n) is 19.4. The van der Waals surface area contributed by atoms with Crippen molar-refractivity contribution >= 4 is 5.91 Å². The topological polar surface area (TPSA) is 111 Å². The highest BCUT2D eigenvalue weighted by Crippen LogP contribution is 2.39. The summed E-state index contributed by atoms with van der Waals surface area (Å²) in [6.07, 6.45) is 0. The van der Waals surface area contributed by atoms with Gasteiger partial charge in [-0.25, -0.2) is 9.67 Å². The molecule has 4 aromatic rings. The molecule has 0 aliphatic heterocycles. The van der Waals surface area contributed by atoms with Crippen molar-refractivity contribution in [2.75, 3.05) is 21.3 Å². The zero-order valence-corrected chi connectivity index (χ0v) is 19.4. The molecule has 0 saturated heterocycles. The molecule has 0 aliphatic rings. The van der Waals surface area contributed by atoms with Crippen molar-refractivity contribution in [1.29, 1.82) is 5.26 Å². The van der Waals surface area contributed by atoms with E-state index in [4.69, 9.17) is 14.2 Å². The third kappa shape index (κ3) is 4.77. The number of ether oxygens (including phenoxy) is 3. The highest BCUT2D eigenvalue weighted by atomic mass is 16.5. The molecule has 0 saturated carbocycles. The van der Waals surface area contributed by atoms with E-state index in [2.05, 4.69) is 21.5 Å². The van der Waals surface area contributed by atoms with Crippen molar-refractivity contribution in [3.63, 3.8) is 0 Å². The second-order valence-corrected chi connectivity index (χ2v) is 7.37. The Morgan fingerprint density at radius 3 is 2.09 bits per heavy atom. The SMILES string of the molecule is COc1cc(C(C#N)NC(=O)c2nc(-c3ccccc3)n(-c3ccccc3)n2)cc(OC)c1OC. The summed E-state index contributed by atoms with van der Waals surface area (Å²) in [5.41, 5.74) is 2.00. The van der Waals surface area contributed by atoms with Gasteiger partial charge in [0, 0.05) is 5.56 Å². The Morgan fingerprint density at radius 1 is 0.943 bits per heavy atom. The smallest absolute Gasteiger partial charge is 0.292 e. The molecular formula is C26H23N5O4. The lowest BCUT2D eigenvalue weighted by molar-refractivity contribution is 0.0934. The van der Waals surface area contributed by atoms with Crippen LogP contribution in [0.2, 0.25) is 0 Å². The van der Waals surface area contributed by atoms with Crippen LogP contribution >= 0.6 is 0 Å². The Hall–Kier alpha value is -4.84. The van der Waals surface area contributed by atoms with Gasteiger partial charge in [0.15, 0.2) is 17.3 Å². The van der Waals surface area contributed by atoms with Crippen LogP contribution in [0.5, 0.6) is 17.2 Å². The maximum absolute atomic E-state index is 13.2. The van der Waals surface area contributed by atoms with Crippen LogP contribution in [-0.2, 0) is 0 Å². The largest absolute Gasteiger partial charge is 0.493 e. The van der Waals surface area contributed by atoms with Crippen molar-refractivity contribution < 1.29 is 19.0 Å². The molecule has 0 bridgehead atoms. The van der Waals surface area contributed by atoms with E-state index in [9.17, 15) is 10.1 Å². The predicted octanol–water partition coefficient (Wildman–Crippen LogP) is 3.95. The highest BCUT2D eigenvalue weighted by molar-refractivity contribution is 5.91. The summed E-state index contributed by atoms with van der Waals surface area (Å²) in [7, 11) is 4.45. The third-order valence-corrected chi connectivity index (χ3v) is 5.27. The average Bonchev–Trinajstić information content (AvgIpc) is 3.37. The number of rotatable bonds is 8. The third-order valence-electron chi connectivity index (χ3n) is 5.27. The first kappa shape index (κ1) is 23.3. The number of benzene rings is 3. The fourth-order valence-corrected chi connectivity index (χ4v) is 3.59. The van der Waals surface area contributed by atoms with Crippen LogP contribution in [0.4, 0.5) is 0 Å². The maximum Gasteiger partial charge on any atom is 0.292 e. The summed E-state index contributed by atoms with van der Waals surface area (Å²) in [5, 5.41) is 17.0. The molecule has 176 valence electrons. The molecular weight excluding hydrogens is 446 g/mol. The Labute approximate surface area is 202 Å². The van der Waals surface area contributed by atoms with Crippen LogP contribution in [0.1, 0.15) is 22.2 Å². The van der Waals surface area contributed by atoms with Gasteiger partial charge in [0.2, 0.25) is 11.6 Å². The van der Waals surface area contributed by atoms with E-state index in [-0.39, 0.29) is 5.82 Å². The van der Waals surface area contributed by atoms with E-state index in [1.54, 1.807) is 16.8 Å². The summed E-state index contributed by atoms with van der Waals surface area (Å²) in [6.45, 7) is 0. The van der Waals surface area contributed by atoms with Crippen LogP contribution < -0.4 is 19.5 Å². The predicted molar refractivity (Wildman–Crippen MR) is 129 cm³/mol. The number of carbonyl (C=O) groups is 1. The molecule has 9 heteroatoms. The van der Waals surface area contributed by atoms with Gasteiger partial charge in [-0.15, -0.1) is 5.10 Å². The summed E-state index contributed by atoms with van der Waals surface area (Å²) in [6, 6.07) is 23.1. The number of para-hydroxylation sites is 1. The lowest BCUT2D eigenvalue weighted by Gasteiger charge is -2.17. The van der Waals surface area contributed by atoms with Gasteiger partial charge in [0.05, 0.1) is 33.1 Å². The highest BCUT2D eigenvalue weighted by Gasteiger charge is 2.24. The second-order valence-electron chi connectivity index (χ2n) is 7.37. The van der Waals surface area contributed by atoms with Crippen molar-refractivity contribution in [2.45, 2.75) is 6.04 Å². The van der Waals surface area contributed by atoms with E-state index >= 15 is 0 Å². The van der Waals surface area contributed by atoms with Crippen LogP contribution in [0.3, 0.4) is 0 Å². The number of hydrogen-bond donors (Lipinski definition) is 1. The molecule has 4 rings (SSSR count). The molecule has 1 aromatic heterocycles. The van der Waals surface area contributed by atoms with Crippen LogP contribution in [-0.4, -0.2) is 42.0 Å². The van der Waals surface area contributed by atoms with Gasteiger partial charge in [-0.05, 0) is 29.8 Å². The molecule has 1 atom stereocenters. The van der Waals surface area contributed by atoms with E-state index in [0.717, 1.165) is 11.3 Å². The van der Waals surface area contributed by atoms with Gasteiger partial charge in [0.25, 0.3) is 5.91 Å². The molecule has 35 heavy (non-hydrogen) atoms. The first-order valence-corrected chi connectivity index (χ1v) is 10.7. The Bertz CT molecular complexity index is 1280. The number of carbonyl (C=O) groups excluding carboxylic acids is 1. The van der Waals surface area contributed by atoms with Gasteiger partial charge in [-0.2, -0.15) is 5.26 Å². The van der Waals surface area contributed by atoms with Crippen molar-refractivity contribution in [3.8, 4) is 40.4 Å². The average molecular weight is 470 g/mol. The van der Waals surface area contributed by atoms with E-state index in [1.165, 1.54) is 21.3 Å². The number of amides is 1.